The molecule has 0 aromatic heterocycles. The Morgan fingerprint density at radius 3 is 2.73 bits per heavy atom. The van der Waals surface area contributed by atoms with Crippen LogP contribution in [0.4, 0.5) is 0 Å². The Hall–Kier alpha value is -1.39. The van der Waals surface area contributed by atoms with Crippen molar-refractivity contribution in [3.8, 4) is 0 Å². The zero-order chi connectivity index (χ0) is 22.8. The second kappa shape index (κ2) is 14.8. The Morgan fingerprint density at radius 2 is 2.00 bits per heavy atom. The number of carbonyl (C=O) groups is 1. The maximum absolute atomic E-state index is 12.4. The van der Waals surface area contributed by atoms with Crippen molar-refractivity contribution in [1.82, 2.24) is 20.0 Å². The minimum absolute atomic E-state index is 0. The fraction of sp³-hybridized carbons (Fsp3) is 0.680. The predicted octanol–water partition coefficient (Wildman–Crippen LogP) is 3.05. The lowest BCUT2D eigenvalue weighted by atomic mass is 10.1. The summed E-state index contributed by atoms with van der Waals surface area (Å²) in [6.07, 6.45) is 4.20. The molecule has 8 heteroatoms. The first-order valence-electron chi connectivity index (χ1n) is 12.2. The molecule has 2 unspecified atom stereocenters. The summed E-state index contributed by atoms with van der Waals surface area (Å²) < 4.78 is 5.97. The van der Waals surface area contributed by atoms with Crippen molar-refractivity contribution < 1.29 is 9.53 Å². The largest absolute Gasteiger partial charge is 0.376 e. The quantitative estimate of drug-likeness (QED) is 0.203. The maximum Gasteiger partial charge on any atom is 0.239 e. The molecule has 186 valence electrons. The monoisotopic (exact) mass is 571 g/mol. The Balaban J connectivity index is 0.00000385. The molecule has 7 nitrogen and oxygen atoms in total. The normalized spacial score (nSPS) is 21.2. The van der Waals surface area contributed by atoms with Gasteiger partial charge in [0.05, 0.1) is 19.3 Å². The number of likely N-dealkylation sites (tertiary alicyclic amines) is 2. The van der Waals surface area contributed by atoms with Crippen molar-refractivity contribution >= 4 is 35.8 Å². The molecule has 2 aliphatic heterocycles. The third-order valence-electron chi connectivity index (χ3n) is 6.34. The number of amides is 1. The van der Waals surface area contributed by atoms with Gasteiger partial charge in [0.1, 0.15) is 0 Å². The van der Waals surface area contributed by atoms with Gasteiger partial charge in [0.15, 0.2) is 5.96 Å². The van der Waals surface area contributed by atoms with Crippen LogP contribution in [0.3, 0.4) is 0 Å². The Bertz CT molecular complexity index is 731. The predicted molar refractivity (Wildman–Crippen MR) is 145 cm³/mol. The molecule has 1 N–H and O–H groups in total. The van der Waals surface area contributed by atoms with Crippen LogP contribution in [0.1, 0.15) is 38.2 Å². The Labute approximate surface area is 216 Å². The van der Waals surface area contributed by atoms with Crippen LogP contribution in [0.2, 0.25) is 0 Å². The van der Waals surface area contributed by atoms with Gasteiger partial charge in [-0.1, -0.05) is 30.3 Å². The van der Waals surface area contributed by atoms with Crippen molar-refractivity contribution in [1.29, 1.82) is 0 Å². The highest BCUT2D eigenvalue weighted by Gasteiger charge is 2.31. The fourth-order valence-electron chi connectivity index (χ4n) is 4.63. The standard InChI is InChI=1S/C25H41N5O2.HI/c1-4-26-25(27-14-9-16-29-15-8-12-23(29)24(31)28(2)3)30-17-13-22(18-30)20-32-19-21-10-6-5-7-11-21;/h5-7,10-11,22-23H,4,8-9,12-20H2,1-3H3,(H,26,27);1H. The first kappa shape index (κ1) is 27.9. The number of halogens is 1. The van der Waals surface area contributed by atoms with E-state index in [-0.39, 0.29) is 35.9 Å². The molecule has 2 aliphatic rings. The van der Waals surface area contributed by atoms with Gasteiger partial charge >= 0.3 is 0 Å². The van der Waals surface area contributed by atoms with Gasteiger partial charge in [-0.2, -0.15) is 0 Å². The number of hydrogen-bond donors (Lipinski definition) is 1. The Morgan fingerprint density at radius 1 is 1.21 bits per heavy atom. The zero-order valence-electron chi connectivity index (χ0n) is 20.5. The molecule has 1 aromatic carbocycles. The summed E-state index contributed by atoms with van der Waals surface area (Å²) in [4.78, 5) is 23.7. The number of benzene rings is 1. The van der Waals surface area contributed by atoms with Gasteiger partial charge in [0.25, 0.3) is 0 Å². The highest BCUT2D eigenvalue weighted by Crippen LogP contribution is 2.19. The van der Waals surface area contributed by atoms with Crippen LogP contribution < -0.4 is 5.32 Å². The number of nitrogens with zero attached hydrogens (tertiary/aromatic N) is 4. The number of ether oxygens (including phenoxy) is 1. The minimum Gasteiger partial charge on any atom is -0.376 e. The van der Waals surface area contributed by atoms with E-state index in [4.69, 9.17) is 9.73 Å². The third-order valence-corrected chi connectivity index (χ3v) is 6.34. The van der Waals surface area contributed by atoms with Crippen molar-refractivity contribution in [2.45, 2.75) is 45.3 Å². The van der Waals surface area contributed by atoms with Crippen LogP contribution in [0, 0.1) is 5.92 Å². The van der Waals surface area contributed by atoms with Gasteiger partial charge in [-0.05, 0) is 44.7 Å². The Kier molecular flexibility index (Phi) is 12.5. The van der Waals surface area contributed by atoms with E-state index < -0.39 is 0 Å². The number of likely N-dealkylation sites (N-methyl/N-ethyl adjacent to an activating group) is 1. The lowest BCUT2D eigenvalue weighted by Crippen LogP contribution is -2.43. The summed E-state index contributed by atoms with van der Waals surface area (Å²) in [6, 6.07) is 10.4. The SMILES string of the molecule is CCNC(=NCCCN1CCCC1C(=O)N(C)C)N1CCC(COCc2ccccc2)C1.I. The average Bonchev–Trinajstić information content (AvgIpc) is 3.46. The zero-order valence-corrected chi connectivity index (χ0v) is 22.9. The molecule has 2 heterocycles. The van der Waals surface area contributed by atoms with Crippen LogP contribution in [0.15, 0.2) is 35.3 Å². The average molecular weight is 572 g/mol. The maximum atomic E-state index is 12.4. The van der Waals surface area contributed by atoms with E-state index in [1.165, 1.54) is 5.56 Å². The molecular weight excluding hydrogens is 529 g/mol. The number of nitrogens with one attached hydrogen (secondary N) is 1. The van der Waals surface area contributed by atoms with Crippen molar-refractivity contribution in [3.63, 3.8) is 0 Å². The summed E-state index contributed by atoms with van der Waals surface area (Å²) >= 11 is 0. The number of hydrogen-bond acceptors (Lipinski definition) is 4. The van der Waals surface area contributed by atoms with Gasteiger partial charge in [-0.15, -0.1) is 24.0 Å². The molecule has 0 radical (unpaired) electrons. The van der Waals surface area contributed by atoms with Gasteiger partial charge in [0.2, 0.25) is 5.91 Å². The molecule has 1 aromatic rings. The number of rotatable bonds is 10. The minimum atomic E-state index is 0. The summed E-state index contributed by atoms with van der Waals surface area (Å²) in [5, 5.41) is 3.46. The molecule has 0 bridgehead atoms. The lowest BCUT2D eigenvalue weighted by Gasteiger charge is -2.26. The molecule has 0 spiro atoms. The van der Waals surface area contributed by atoms with Crippen LogP contribution in [-0.4, -0.2) is 92.6 Å². The van der Waals surface area contributed by atoms with Crippen molar-refractivity contribution in [2.24, 2.45) is 10.9 Å². The molecular formula is C25H42IN5O2. The molecule has 0 aliphatic carbocycles. The summed E-state index contributed by atoms with van der Waals surface area (Å²) in [5.74, 6) is 1.79. The van der Waals surface area contributed by atoms with Crippen LogP contribution in [-0.2, 0) is 16.1 Å². The molecule has 33 heavy (non-hydrogen) atoms. The van der Waals surface area contributed by atoms with E-state index >= 15 is 0 Å². The van der Waals surface area contributed by atoms with E-state index in [0.717, 1.165) is 77.5 Å². The fourth-order valence-corrected chi connectivity index (χ4v) is 4.63. The first-order valence-corrected chi connectivity index (χ1v) is 12.2. The van der Waals surface area contributed by atoms with Crippen LogP contribution in [0.5, 0.6) is 0 Å². The molecule has 2 fully saturated rings. The topological polar surface area (TPSA) is 60.4 Å². The smallest absolute Gasteiger partial charge is 0.239 e. The summed E-state index contributed by atoms with van der Waals surface area (Å²) in [5.41, 5.74) is 1.23. The van der Waals surface area contributed by atoms with E-state index in [1.807, 2.05) is 20.2 Å². The molecule has 1 amide bonds. The van der Waals surface area contributed by atoms with Gasteiger partial charge in [-0.25, -0.2) is 0 Å². The molecule has 2 saturated heterocycles. The van der Waals surface area contributed by atoms with E-state index in [2.05, 4.69) is 46.3 Å². The van der Waals surface area contributed by atoms with E-state index in [9.17, 15) is 4.79 Å². The van der Waals surface area contributed by atoms with Crippen molar-refractivity contribution in [2.75, 3.05) is 60.0 Å². The van der Waals surface area contributed by atoms with Gasteiger partial charge in [-0.3, -0.25) is 14.7 Å². The lowest BCUT2D eigenvalue weighted by molar-refractivity contribution is -0.133. The first-order chi connectivity index (χ1) is 15.6. The van der Waals surface area contributed by atoms with E-state index in [0.29, 0.717) is 12.5 Å². The van der Waals surface area contributed by atoms with E-state index in [1.54, 1.807) is 4.90 Å². The number of carbonyl (C=O) groups excluding carboxylic acids is 1. The molecule has 0 saturated carbocycles. The summed E-state index contributed by atoms with van der Waals surface area (Å²) in [6.45, 7) is 9.22. The van der Waals surface area contributed by atoms with Gasteiger partial charge in [0, 0.05) is 52.7 Å². The highest BCUT2D eigenvalue weighted by molar-refractivity contribution is 14.0. The second-order valence-electron chi connectivity index (χ2n) is 9.12. The van der Waals surface area contributed by atoms with Crippen LogP contribution in [0.25, 0.3) is 0 Å². The van der Waals surface area contributed by atoms with Gasteiger partial charge < -0.3 is 19.9 Å². The number of aliphatic imine (C=N–C) groups is 1. The third kappa shape index (κ3) is 8.72. The van der Waals surface area contributed by atoms with Crippen molar-refractivity contribution in [3.05, 3.63) is 35.9 Å². The second-order valence-corrected chi connectivity index (χ2v) is 9.12. The number of guanidine groups is 1. The molecule has 3 rings (SSSR count). The van der Waals surface area contributed by atoms with Crippen LogP contribution >= 0.6 is 24.0 Å². The summed E-state index contributed by atoms with van der Waals surface area (Å²) in [7, 11) is 3.70. The molecule has 2 atom stereocenters. The highest BCUT2D eigenvalue weighted by atomic mass is 127.